The zero-order chi connectivity index (χ0) is 20.5. The van der Waals surface area contributed by atoms with E-state index in [2.05, 4.69) is 30.6 Å². The first-order valence-electron chi connectivity index (χ1n) is 9.35. The molecule has 0 aliphatic carbocycles. The molecular weight excluding hydrogens is 378 g/mol. The van der Waals surface area contributed by atoms with Gasteiger partial charge in [0.2, 0.25) is 5.82 Å². The molecular formula is C22H17N7O. The van der Waals surface area contributed by atoms with Crippen LogP contribution in [0, 0.1) is 6.92 Å². The molecule has 30 heavy (non-hydrogen) atoms. The Bertz CT molecular complexity index is 1340. The Labute approximate surface area is 171 Å². The van der Waals surface area contributed by atoms with Crippen molar-refractivity contribution < 1.29 is 5.11 Å². The number of aromatic nitrogens is 6. The fraction of sp³-hybridized carbons (Fsp3) is 0.0455. The molecule has 0 aliphatic heterocycles. The number of H-pyrrole nitrogens is 2. The summed E-state index contributed by atoms with van der Waals surface area (Å²) in [5.74, 6) is 0.573. The third-order valence-corrected chi connectivity index (χ3v) is 4.79. The number of hydrogen-bond acceptors (Lipinski definition) is 6. The second-order valence-corrected chi connectivity index (χ2v) is 6.86. The van der Waals surface area contributed by atoms with Crippen LogP contribution in [0.25, 0.3) is 22.3 Å². The largest absolute Gasteiger partial charge is 0.494 e. The van der Waals surface area contributed by atoms with Crippen LogP contribution in [0.15, 0.2) is 71.9 Å². The van der Waals surface area contributed by atoms with Gasteiger partial charge < -0.3 is 10.1 Å². The van der Waals surface area contributed by atoms with Gasteiger partial charge in [0.05, 0.1) is 16.9 Å². The maximum absolute atomic E-state index is 10.7. The van der Waals surface area contributed by atoms with Crippen LogP contribution in [0.2, 0.25) is 0 Å². The van der Waals surface area contributed by atoms with Crippen LogP contribution in [0.4, 0.5) is 5.69 Å². The van der Waals surface area contributed by atoms with Crippen molar-refractivity contribution in [2.75, 3.05) is 0 Å². The Balaban J connectivity index is 1.66. The van der Waals surface area contributed by atoms with Gasteiger partial charge in [-0.15, -0.1) is 10.2 Å². The van der Waals surface area contributed by atoms with Gasteiger partial charge in [-0.1, -0.05) is 18.2 Å². The van der Waals surface area contributed by atoms with Gasteiger partial charge in [0.25, 0.3) is 0 Å². The second-order valence-electron chi connectivity index (χ2n) is 6.86. The number of rotatable bonds is 4. The first-order valence-corrected chi connectivity index (χ1v) is 9.35. The van der Waals surface area contributed by atoms with Gasteiger partial charge in [-0.05, 0) is 60.2 Å². The predicted molar refractivity (Wildman–Crippen MR) is 114 cm³/mol. The van der Waals surface area contributed by atoms with Crippen LogP contribution in [-0.2, 0) is 0 Å². The number of aromatic amines is 2. The van der Waals surface area contributed by atoms with E-state index in [0.29, 0.717) is 28.5 Å². The Hall–Kier alpha value is -4.33. The van der Waals surface area contributed by atoms with Crippen molar-refractivity contribution in [2.24, 2.45) is 4.99 Å². The molecule has 146 valence electrons. The fourth-order valence-electron chi connectivity index (χ4n) is 3.38. The van der Waals surface area contributed by atoms with E-state index in [-0.39, 0.29) is 5.88 Å². The summed E-state index contributed by atoms with van der Waals surface area (Å²) < 4.78 is 0. The van der Waals surface area contributed by atoms with Gasteiger partial charge in [0.1, 0.15) is 5.71 Å². The van der Waals surface area contributed by atoms with E-state index in [0.717, 1.165) is 22.0 Å². The van der Waals surface area contributed by atoms with Gasteiger partial charge in [-0.2, -0.15) is 5.21 Å². The number of aryl methyl sites for hydroxylation is 1. The molecule has 8 nitrogen and oxygen atoms in total. The predicted octanol–water partition coefficient (Wildman–Crippen LogP) is 3.93. The first-order chi connectivity index (χ1) is 14.7. The quantitative estimate of drug-likeness (QED) is 0.399. The van der Waals surface area contributed by atoms with Crippen molar-refractivity contribution >= 4 is 22.3 Å². The first kappa shape index (κ1) is 17.7. The Kier molecular flexibility index (Phi) is 4.29. The zero-order valence-electron chi connectivity index (χ0n) is 16.0. The van der Waals surface area contributed by atoms with Crippen molar-refractivity contribution in [3.8, 4) is 17.3 Å². The van der Waals surface area contributed by atoms with E-state index in [1.54, 1.807) is 6.20 Å². The normalized spacial score (nSPS) is 11.8. The molecule has 0 saturated heterocycles. The number of nitrogens with zero attached hydrogens (tertiary/aromatic N) is 5. The highest BCUT2D eigenvalue weighted by Crippen LogP contribution is 2.31. The molecule has 3 N–H and O–H groups in total. The molecule has 5 rings (SSSR count). The summed E-state index contributed by atoms with van der Waals surface area (Å²) >= 11 is 0. The summed E-state index contributed by atoms with van der Waals surface area (Å²) in [4.78, 5) is 12.4. The average Bonchev–Trinajstić information content (AvgIpc) is 3.41. The topological polar surface area (TPSA) is 116 Å². The SMILES string of the molecule is Cc1ccc2c(C(=Nc3ccc(-c4nn[nH]n4)cc3)c3ccccn3)c(O)[nH]c2c1. The monoisotopic (exact) mass is 395 g/mol. The fourth-order valence-corrected chi connectivity index (χ4v) is 3.38. The molecule has 0 unspecified atom stereocenters. The van der Waals surface area contributed by atoms with Gasteiger partial charge in [-0.25, -0.2) is 4.99 Å². The van der Waals surface area contributed by atoms with E-state index in [1.807, 2.05) is 67.6 Å². The number of benzene rings is 2. The lowest BCUT2D eigenvalue weighted by Gasteiger charge is -2.07. The summed E-state index contributed by atoms with van der Waals surface area (Å²) in [6.07, 6.45) is 1.71. The summed E-state index contributed by atoms with van der Waals surface area (Å²) in [5.41, 5.74) is 5.34. The number of tetrazole rings is 1. The molecule has 2 aromatic carbocycles. The van der Waals surface area contributed by atoms with Gasteiger partial charge in [-0.3, -0.25) is 4.98 Å². The number of hydrogen-bond donors (Lipinski definition) is 3. The Morgan fingerprint density at radius 1 is 1.03 bits per heavy atom. The maximum Gasteiger partial charge on any atom is 0.204 e. The molecule has 3 heterocycles. The molecule has 0 aliphatic rings. The molecule has 0 fully saturated rings. The number of aromatic hydroxyl groups is 1. The number of fused-ring (bicyclic) bond motifs is 1. The zero-order valence-corrected chi connectivity index (χ0v) is 16.0. The van der Waals surface area contributed by atoms with Crippen molar-refractivity contribution in [1.82, 2.24) is 30.6 Å². The minimum Gasteiger partial charge on any atom is -0.494 e. The van der Waals surface area contributed by atoms with Crippen LogP contribution in [0.5, 0.6) is 5.88 Å². The van der Waals surface area contributed by atoms with Crippen LogP contribution < -0.4 is 0 Å². The van der Waals surface area contributed by atoms with E-state index in [1.165, 1.54) is 0 Å². The van der Waals surface area contributed by atoms with Gasteiger partial charge in [0, 0.05) is 22.7 Å². The van der Waals surface area contributed by atoms with E-state index >= 15 is 0 Å². The third-order valence-electron chi connectivity index (χ3n) is 4.79. The number of aliphatic imine (C=N–C) groups is 1. The molecule has 0 spiro atoms. The molecule has 3 aromatic heterocycles. The van der Waals surface area contributed by atoms with Crippen LogP contribution >= 0.6 is 0 Å². The lowest BCUT2D eigenvalue weighted by atomic mass is 10.0. The van der Waals surface area contributed by atoms with Crippen molar-refractivity contribution in [3.05, 3.63) is 83.7 Å². The van der Waals surface area contributed by atoms with E-state index < -0.39 is 0 Å². The van der Waals surface area contributed by atoms with Crippen LogP contribution in [-0.4, -0.2) is 41.4 Å². The van der Waals surface area contributed by atoms with Crippen molar-refractivity contribution in [3.63, 3.8) is 0 Å². The molecule has 5 aromatic rings. The molecule has 0 atom stereocenters. The van der Waals surface area contributed by atoms with E-state index in [9.17, 15) is 5.11 Å². The molecule has 0 radical (unpaired) electrons. The summed E-state index contributed by atoms with van der Waals surface area (Å²) in [6.45, 7) is 2.01. The maximum atomic E-state index is 10.7. The summed E-state index contributed by atoms with van der Waals surface area (Å²) in [5, 5.41) is 25.6. The van der Waals surface area contributed by atoms with E-state index in [4.69, 9.17) is 4.99 Å². The highest BCUT2D eigenvalue weighted by atomic mass is 16.3. The second kappa shape index (κ2) is 7.25. The summed E-state index contributed by atoms with van der Waals surface area (Å²) in [7, 11) is 0. The summed E-state index contributed by atoms with van der Waals surface area (Å²) in [6, 6.07) is 19.1. The number of nitrogens with one attached hydrogen (secondary N) is 2. The lowest BCUT2D eigenvalue weighted by molar-refractivity contribution is 0.457. The van der Waals surface area contributed by atoms with Crippen LogP contribution in [0.3, 0.4) is 0 Å². The smallest absolute Gasteiger partial charge is 0.204 e. The highest BCUT2D eigenvalue weighted by Gasteiger charge is 2.19. The molecule has 0 amide bonds. The third kappa shape index (κ3) is 3.20. The Morgan fingerprint density at radius 3 is 2.63 bits per heavy atom. The average molecular weight is 395 g/mol. The van der Waals surface area contributed by atoms with Crippen molar-refractivity contribution in [2.45, 2.75) is 6.92 Å². The lowest BCUT2D eigenvalue weighted by Crippen LogP contribution is -2.05. The standard InChI is InChI=1S/C22H17N7O/c1-13-5-10-16-18(12-13)25-22(30)19(16)20(17-4-2-3-11-23-17)24-15-8-6-14(7-9-15)21-26-28-29-27-21/h2-12,25,30H,1H3,(H,26,27,28,29). The van der Waals surface area contributed by atoms with Crippen LogP contribution in [0.1, 0.15) is 16.8 Å². The Morgan fingerprint density at radius 2 is 1.90 bits per heavy atom. The number of pyridine rings is 1. The molecule has 8 heteroatoms. The highest BCUT2D eigenvalue weighted by molar-refractivity contribution is 6.21. The van der Waals surface area contributed by atoms with Gasteiger partial charge in [0.15, 0.2) is 5.88 Å². The van der Waals surface area contributed by atoms with Gasteiger partial charge >= 0.3 is 0 Å². The molecule has 0 bridgehead atoms. The van der Waals surface area contributed by atoms with Crippen molar-refractivity contribution in [1.29, 1.82) is 0 Å². The molecule has 0 saturated carbocycles. The minimum absolute atomic E-state index is 0.0587. The minimum atomic E-state index is 0.0587.